The van der Waals surface area contributed by atoms with Gasteiger partial charge in [0.25, 0.3) is 0 Å². The highest BCUT2D eigenvalue weighted by Crippen LogP contribution is 2.45. The lowest BCUT2D eigenvalue weighted by atomic mass is 9.78. The van der Waals surface area contributed by atoms with Gasteiger partial charge in [-0.05, 0) is 53.8 Å². The number of carbonyl (C=O) groups excluding carboxylic acids is 1. The second-order valence-corrected chi connectivity index (χ2v) is 9.06. The van der Waals surface area contributed by atoms with E-state index in [1.165, 1.54) is 0 Å². The van der Waals surface area contributed by atoms with E-state index in [2.05, 4.69) is 38.7 Å². The zero-order chi connectivity index (χ0) is 20.7. The first-order valence-electron chi connectivity index (χ1n) is 9.99. The standard InChI is InChI=1S/C25H20BrClN2O/c26-17-11-9-15(10-12-17)25-24-22(28-20-7-3-4-8-21(20)29-25)13-16(14-23(24)30)18-5-1-2-6-19(18)27/h1-12,16,25,28-29H,13-14H2. The molecule has 2 N–H and O–H groups in total. The molecule has 2 unspecified atom stereocenters. The van der Waals surface area contributed by atoms with E-state index in [-0.39, 0.29) is 17.7 Å². The largest absolute Gasteiger partial charge is 0.372 e. The van der Waals surface area contributed by atoms with Gasteiger partial charge >= 0.3 is 0 Å². The van der Waals surface area contributed by atoms with Crippen LogP contribution in [0.5, 0.6) is 0 Å². The Morgan fingerprint density at radius 1 is 0.867 bits per heavy atom. The molecule has 150 valence electrons. The summed E-state index contributed by atoms with van der Waals surface area (Å²) >= 11 is 9.98. The summed E-state index contributed by atoms with van der Waals surface area (Å²) < 4.78 is 1.02. The molecule has 1 aliphatic heterocycles. The van der Waals surface area contributed by atoms with Gasteiger partial charge in [-0.15, -0.1) is 0 Å². The van der Waals surface area contributed by atoms with E-state index in [9.17, 15) is 4.79 Å². The second-order valence-electron chi connectivity index (χ2n) is 7.74. The zero-order valence-electron chi connectivity index (χ0n) is 16.2. The molecule has 0 saturated carbocycles. The van der Waals surface area contributed by atoms with E-state index >= 15 is 0 Å². The van der Waals surface area contributed by atoms with Crippen LogP contribution in [0.1, 0.15) is 35.9 Å². The van der Waals surface area contributed by atoms with Crippen molar-refractivity contribution in [2.24, 2.45) is 0 Å². The van der Waals surface area contributed by atoms with Gasteiger partial charge in [0.15, 0.2) is 5.78 Å². The Morgan fingerprint density at radius 2 is 1.57 bits per heavy atom. The molecule has 1 aliphatic carbocycles. The number of ketones is 1. The third-order valence-corrected chi connectivity index (χ3v) is 6.73. The van der Waals surface area contributed by atoms with Crippen molar-refractivity contribution in [2.75, 3.05) is 10.6 Å². The van der Waals surface area contributed by atoms with E-state index in [1.807, 2.05) is 60.7 Å². The Bertz CT molecular complexity index is 1160. The van der Waals surface area contributed by atoms with Crippen LogP contribution >= 0.6 is 27.5 Å². The summed E-state index contributed by atoms with van der Waals surface area (Å²) in [6, 6.07) is 23.9. The van der Waals surface area contributed by atoms with Gasteiger partial charge in [-0.25, -0.2) is 0 Å². The topological polar surface area (TPSA) is 41.1 Å². The van der Waals surface area contributed by atoms with Gasteiger partial charge in [-0.1, -0.05) is 70.0 Å². The molecule has 0 fully saturated rings. The number of fused-ring (bicyclic) bond motifs is 1. The maximum absolute atomic E-state index is 13.5. The maximum Gasteiger partial charge on any atom is 0.163 e. The number of benzene rings is 3. The molecular weight excluding hydrogens is 460 g/mol. The Kier molecular flexibility index (Phi) is 5.13. The van der Waals surface area contributed by atoms with Crippen LogP contribution in [0, 0.1) is 0 Å². The Hall–Kier alpha value is -2.56. The zero-order valence-corrected chi connectivity index (χ0v) is 18.5. The summed E-state index contributed by atoms with van der Waals surface area (Å²) in [6.07, 6.45) is 1.20. The van der Waals surface area contributed by atoms with Crippen LogP contribution in [0.2, 0.25) is 5.02 Å². The van der Waals surface area contributed by atoms with Crippen LogP contribution in [0.3, 0.4) is 0 Å². The average Bonchev–Trinajstić information content (AvgIpc) is 2.91. The molecule has 30 heavy (non-hydrogen) atoms. The maximum atomic E-state index is 13.5. The molecule has 0 spiro atoms. The number of anilines is 2. The summed E-state index contributed by atoms with van der Waals surface area (Å²) in [7, 11) is 0. The fourth-order valence-electron chi connectivity index (χ4n) is 4.42. The monoisotopic (exact) mass is 478 g/mol. The highest BCUT2D eigenvalue weighted by molar-refractivity contribution is 9.10. The first-order valence-corrected chi connectivity index (χ1v) is 11.2. The fraction of sp³-hybridized carbons (Fsp3) is 0.160. The van der Waals surface area contributed by atoms with E-state index in [1.54, 1.807) is 0 Å². The van der Waals surface area contributed by atoms with Gasteiger partial charge < -0.3 is 10.6 Å². The smallest absolute Gasteiger partial charge is 0.163 e. The summed E-state index contributed by atoms with van der Waals surface area (Å²) in [4.78, 5) is 13.5. The van der Waals surface area contributed by atoms with E-state index in [0.717, 1.165) is 49.7 Å². The molecule has 0 aromatic heterocycles. The molecule has 2 atom stereocenters. The van der Waals surface area contributed by atoms with Crippen molar-refractivity contribution in [3.8, 4) is 0 Å². The minimum Gasteiger partial charge on any atom is -0.372 e. The summed E-state index contributed by atoms with van der Waals surface area (Å²) in [6.45, 7) is 0. The molecule has 1 heterocycles. The summed E-state index contributed by atoms with van der Waals surface area (Å²) in [5.74, 6) is 0.218. The lowest BCUT2D eigenvalue weighted by Gasteiger charge is -2.30. The fourth-order valence-corrected chi connectivity index (χ4v) is 4.98. The third kappa shape index (κ3) is 3.55. The van der Waals surface area contributed by atoms with Crippen LogP contribution in [-0.4, -0.2) is 5.78 Å². The molecule has 0 amide bonds. The molecular formula is C25H20BrClN2O. The number of hydrogen-bond donors (Lipinski definition) is 2. The Balaban J connectivity index is 1.62. The van der Waals surface area contributed by atoms with Crippen molar-refractivity contribution in [3.05, 3.63) is 105 Å². The van der Waals surface area contributed by atoms with Crippen LogP contribution in [0.4, 0.5) is 11.4 Å². The summed E-state index contributed by atoms with van der Waals surface area (Å²) in [5.41, 5.74) is 5.86. The van der Waals surface area contributed by atoms with Crippen molar-refractivity contribution in [2.45, 2.75) is 24.8 Å². The molecule has 3 nitrogen and oxygen atoms in total. The average molecular weight is 480 g/mol. The van der Waals surface area contributed by atoms with Gasteiger partial charge in [-0.2, -0.15) is 0 Å². The minimum absolute atomic E-state index is 0.0632. The first-order chi connectivity index (χ1) is 14.6. The van der Waals surface area contributed by atoms with Crippen molar-refractivity contribution in [1.29, 1.82) is 0 Å². The van der Waals surface area contributed by atoms with Crippen molar-refractivity contribution >= 4 is 44.7 Å². The highest BCUT2D eigenvalue weighted by atomic mass is 79.9. The molecule has 0 bridgehead atoms. The van der Waals surface area contributed by atoms with E-state index < -0.39 is 0 Å². The van der Waals surface area contributed by atoms with Crippen molar-refractivity contribution in [1.82, 2.24) is 0 Å². The molecule has 2 aliphatic rings. The van der Waals surface area contributed by atoms with Crippen LogP contribution in [0.15, 0.2) is 88.5 Å². The van der Waals surface area contributed by atoms with Gasteiger partial charge in [0, 0.05) is 27.2 Å². The van der Waals surface area contributed by atoms with Crippen LogP contribution in [0.25, 0.3) is 0 Å². The Labute approximate surface area is 189 Å². The summed E-state index contributed by atoms with van der Waals surface area (Å²) in [5, 5.41) is 7.89. The van der Waals surface area contributed by atoms with Gasteiger partial charge in [0.2, 0.25) is 0 Å². The normalized spacial score (nSPS) is 20.5. The van der Waals surface area contributed by atoms with Crippen molar-refractivity contribution < 1.29 is 4.79 Å². The molecule has 5 heteroatoms. The molecule has 3 aromatic carbocycles. The molecule has 0 radical (unpaired) electrons. The number of Topliss-reactive ketones (excluding diaryl/α,β-unsaturated/α-hetero) is 1. The molecule has 5 rings (SSSR count). The number of para-hydroxylation sites is 2. The predicted octanol–water partition coefficient (Wildman–Crippen LogP) is 7.08. The number of carbonyl (C=O) groups is 1. The highest BCUT2D eigenvalue weighted by Gasteiger charge is 2.36. The number of allylic oxidation sites excluding steroid dienone is 1. The third-order valence-electron chi connectivity index (χ3n) is 5.86. The second kappa shape index (κ2) is 7.93. The van der Waals surface area contributed by atoms with Crippen LogP contribution in [-0.2, 0) is 4.79 Å². The SMILES string of the molecule is O=C1CC(c2ccccc2Cl)CC2=C1C(c1ccc(Br)cc1)Nc1ccccc1N2. The van der Waals surface area contributed by atoms with Gasteiger partial charge in [-0.3, -0.25) is 4.79 Å². The molecule has 0 saturated heterocycles. The van der Waals surface area contributed by atoms with Crippen LogP contribution < -0.4 is 10.6 Å². The Morgan fingerprint density at radius 3 is 2.33 bits per heavy atom. The quantitative estimate of drug-likeness (QED) is 0.412. The number of halogens is 2. The number of rotatable bonds is 2. The van der Waals surface area contributed by atoms with E-state index in [4.69, 9.17) is 11.6 Å². The number of hydrogen-bond acceptors (Lipinski definition) is 3. The van der Waals surface area contributed by atoms with E-state index in [0.29, 0.717) is 6.42 Å². The predicted molar refractivity (Wildman–Crippen MR) is 126 cm³/mol. The van der Waals surface area contributed by atoms with Gasteiger partial charge in [0.05, 0.1) is 17.4 Å². The lowest BCUT2D eigenvalue weighted by molar-refractivity contribution is -0.116. The lowest BCUT2D eigenvalue weighted by Crippen LogP contribution is -2.27. The van der Waals surface area contributed by atoms with Gasteiger partial charge in [0.1, 0.15) is 0 Å². The molecule has 3 aromatic rings. The minimum atomic E-state index is -0.205. The first kappa shape index (κ1) is 19.4. The number of nitrogens with one attached hydrogen (secondary N) is 2. The van der Waals surface area contributed by atoms with Crippen molar-refractivity contribution in [3.63, 3.8) is 0 Å².